The van der Waals surface area contributed by atoms with Gasteiger partial charge in [0.05, 0.1) is 11.6 Å². The molecule has 1 nitrogen and oxygen atoms in total. The molecule has 2 aromatic rings. The highest BCUT2D eigenvalue weighted by molar-refractivity contribution is 14.1. The van der Waals surface area contributed by atoms with Crippen LogP contribution in [0.1, 0.15) is 18.1 Å². The smallest absolute Gasteiger partial charge is 0.0991 e. The quantitative estimate of drug-likeness (QED) is 0.724. The number of rotatable bonds is 3. The maximum atomic E-state index is 8.76. The molecule has 0 spiro atoms. The van der Waals surface area contributed by atoms with Gasteiger partial charge in [0.2, 0.25) is 0 Å². The number of hydrogen-bond acceptors (Lipinski definition) is 2. The molecule has 0 saturated carbocycles. The second kappa shape index (κ2) is 6.26. The van der Waals surface area contributed by atoms with Crippen molar-refractivity contribution in [2.45, 2.75) is 23.1 Å². The molecule has 2 aromatic carbocycles. The number of nitrogens with zero attached hydrogens (tertiary/aromatic N) is 1. The van der Waals surface area contributed by atoms with Gasteiger partial charge in [-0.2, -0.15) is 5.26 Å². The lowest BCUT2D eigenvalue weighted by Gasteiger charge is -2.06. The van der Waals surface area contributed by atoms with Crippen LogP contribution in [0.3, 0.4) is 0 Å². The van der Waals surface area contributed by atoms with Crippen molar-refractivity contribution in [3.63, 3.8) is 0 Å². The number of hydrogen-bond donors (Lipinski definition) is 0. The number of aryl methyl sites for hydroxylation is 1. The Morgan fingerprint density at radius 2 is 1.89 bits per heavy atom. The zero-order chi connectivity index (χ0) is 13.0. The molecule has 2 rings (SSSR count). The first kappa shape index (κ1) is 13.4. The van der Waals surface area contributed by atoms with Crippen molar-refractivity contribution >= 4 is 34.4 Å². The summed E-state index contributed by atoms with van der Waals surface area (Å²) in [5.41, 5.74) is 2.07. The lowest BCUT2D eigenvalue weighted by atomic mass is 10.2. The van der Waals surface area contributed by atoms with Gasteiger partial charge < -0.3 is 0 Å². The van der Waals surface area contributed by atoms with Gasteiger partial charge in [-0.3, -0.25) is 0 Å². The number of halogens is 1. The van der Waals surface area contributed by atoms with Gasteiger partial charge in [0.15, 0.2) is 0 Å². The molecule has 0 aromatic heterocycles. The molecule has 3 heteroatoms. The summed E-state index contributed by atoms with van der Waals surface area (Å²) in [4.78, 5) is 2.42. The summed E-state index contributed by atoms with van der Waals surface area (Å²) in [6, 6.07) is 16.4. The second-order valence-electron chi connectivity index (χ2n) is 3.86. The molecule has 0 aliphatic heterocycles. The SMILES string of the molecule is CCc1ccc(Sc2ccc(C#N)cc2)c(I)c1. The number of nitriles is 1. The predicted octanol–water partition coefficient (Wildman–Crippen LogP) is 4.88. The van der Waals surface area contributed by atoms with Gasteiger partial charge in [0.25, 0.3) is 0 Å². The molecular formula is C15H12INS. The molecule has 0 fully saturated rings. The van der Waals surface area contributed by atoms with E-state index in [-0.39, 0.29) is 0 Å². The Kier molecular flexibility index (Phi) is 4.67. The van der Waals surface area contributed by atoms with Crippen LogP contribution in [0.15, 0.2) is 52.3 Å². The topological polar surface area (TPSA) is 23.8 Å². The summed E-state index contributed by atoms with van der Waals surface area (Å²) < 4.78 is 1.28. The predicted molar refractivity (Wildman–Crippen MR) is 83.8 cm³/mol. The van der Waals surface area contributed by atoms with E-state index in [4.69, 9.17) is 5.26 Å². The lowest BCUT2D eigenvalue weighted by molar-refractivity contribution is 1.12. The highest BCUT2D eigenvalue weighted by atomic mass is 127. The van der Waals surface area contributed by atoms with E-state index >= 15 is 0 Å². The van der Waals surface area contributed by atoms with Crippen LogP contribution in [0.2, 0.25) is 0 Å². The minimum absolute atomic E-state index is 0.704. The fourth-order valence-electron chi connectivity index (χ4n) is 1.57. The van der Waals surface area contributed by atoms with Crippen molar-refractivity contribution in [1.82, 2.24) is 0 Å². The first-order valence-corrected chi connectivity index (χ1v) is 7.59. The van der Waals surface area contributed by atoms with E-state index in [0.717, 1.165) is 11.3 Å². The van der Waals surface area contributed by atoms with Gasteiger partial charge >= 0.3 is 0 Å². The van der Waals surface area contributed by atoms with Crippen molar-refractivity contribution in [3.8, 4) is 6.07 Å². The maximum Gasteiger partial charge on any atom is 0.0991 e. The van der Waals surface area contributed by atoms with Crippen LogP contribution in [0.4, 0.5) is 0 Å². The van der Waals surface area contributed by atoms with Crippen LogP contribution in [0, 0.1) is 14.9 Å². The van der Waals surface area contributed by atoms with Gasteiger partial charge in [-0.1, -0.05) is 24.8 Å². The van der Waals surface area contributed by atoms with Crippen LogP contribution in [-0.4, -0.2) is 0 Å². The second-order valence-corrected chi connectivity index (χ2v) is 6.13. The van der Waals surface area contributed by atoms with E-state index in [1.54, 1.807) is 11.8 Å². The average molecular weight is 365 g/mol. The van der Waals surface area contributed by atoms with E-state index in [1.165, 1.54) is 14.0 Å². The van der Waals surface area contributed by atoms with Crippen LogP contribution >= 0.6 is 34.4 Å². The van der Waals surface area contributed by atoms with Crippen molar-refractivity contribution in [2.24, 2.45) is 0 Å². The van der Waals surface area contributed by atoms with Crippen molar-refractivity contribution in [1.29, 1.82) is 5.26 Å². The molecule has 0 amide bonds. The molecule has 0 bridgehead atoms. The highest BCUT2D eigenvalue weighted by Gasteiger charge is 2.03. The van der Waals surface area contributed by atoms with Crippen molar-refractivity contribution < 1.29 is 0 Å². The van der Waals surface area contributed by atoms with Crippen molar-refractivity contribution in [2.75, 3.05) is 0 Å². The molecule has 18 heavy (non-hydrogen) atoms. The molecule has 0 N–H and O–H groups in total. The monoisotopic (exact) mass is 365 g/mol. The Morgan fingerprint density at radius 3 is 2.44 bits per heavy atom. The summed E-state index contributed by atoms with van der Waals surface area (Å²) in [6.07, 6.45) is 1.07. The Labute approximate surface area is 125 Å². The van der Waals surface area contributed by atoms with Crippen molar-refractivity contribution in [3.05, 3.63) is 57.2 Å². The molecular weight excluding hydrogens is 353 g/mol. The fraction of sp³-hybridized carbons (Fsp3) is 0.133. The first-order chi connectivity index (χ1) is 8.72. The Hall–Kier alpha value is -0.990. The maximum absolute atomic E-state index is 8.76. The average Bonchev–Trinajstić information content (AvgIpc) is 2.42. The molecule has 0 unspecified atom stereocenters. The minimum atomic E-state index is 0.704. The third-order valence-electron chi connectivity index (χ3n) is 2.62. The number of benzene rings is 2. The zero-order valence-corrected chi connectivity index (χ0v) is 13.0. The summed E-state index contributed by atoms with van der Waals surface area (Å²) in [7, 11) is 0. The van der Waals surface area contributed by atoms with Crippen LogP contribution < -0.4 is 0 Å². The first-order valence-electron chi connectivity index (χ1n) is 5.69. The van der Waals surface area contributed by atoms with E-state index in [1.807, 2.05) is 24.3 Å². The van der Waals surface area contributed by atoms with Gasteiger partial charge in [-0.25, -0.2) is 0 Å². The van der Waals surface area contributed by atoms with Gasteiger partial charge in [-0.05, 0) is 71.0 Å². The molecule has 90 valence electrons. The fourth-order valence-corrected chi connectivity index (χ4v) is 3.30. The standard InChI is InChI=1S/C15H12INS/c1-2-11-5-8-15(14(16)9-11)18-13-6-3-12(10-17)4-7-13/h3-9H,2H2,1H3. The summed E-state index contributed by atoms with van der Waals surface area (Å²) >= 11 is 4.11. The Bertz CT molecular complexity index is 584. The molecule has 0 atom stereocenters. The lowest BCUT2D eigenvalue weighted by Crippen LogP contribution is -1.85. The van der Waals surface area contributed by atoms with E-state index < -0.39 is 0 Å². The van der Waals surface area contributed by atoms with Crippen LogP contribution in [0.25, 0.3) is 0 Å². The third-order valence-corrected chi connectivity index (χ3v) is 4.96. The Balaban J connectivity index is 2.20. The molecule has 0 aliphatic carbocycles. The minimum Gasteiger partial charge on any atom is -0.192 e. The normalized spacial score (nSPS) is 10.1. The molecule has 0 aliphatic rings. The Morgan fingerprint density at radius 1 is 1.17 bits per heavy atom. The summed E-state index contributed by atoms with van der Waals surface area (Å²) in [6.45, 7) is 2.17. The van der Waals surface area contributed by atoms with Gasteiger partial charge in [0.1, 0.15) is 0 Å². The zero-order valence-electron chi connectivity index (χ0n) is 9.98. The van der Waals surface area contributed by atoms with Gasteiger partial charge in [-0.15, -0.1) is 0 Å². The van der Waals surface area contributed by atoms with Crippen LogP contribution in [-0.2, 0) is 6.42 Å². The van der Waals surface area contributed by atoms with E-state index in [9.17, 15) is 0 Å². The highest BCUT2D eigenvalue weighted by Crippen LogP contribution is 2.32. The third kappa shape index (κ3) is 3.27. The summed E-state index contributed by atoms with van der Waals surface area (Å²) in [5, 5.41) is 8.76. The van der Waals surface area contributed by atoms with E-state index in [2.05, 4.69) is 53.8 Å². The van der Waals surface area contributed by atoms with Crippen LogP contribution in [0.5, 0.6) is 0 Å². The largest absolute Gasteiger partial charge is 0.192 e. The molecule has 0 heterocycles. The molecule has 0 saturated heterocycles. The van der Waals surface area contributed by atoms with Gasteiger partial charge in [0, 0.05) is 13.4 Å². The molecule has 0 radical (unpaired) electrons. The summed E-state index contributed by atoms with van der Waals surface area (Å²) in [5.74, 6) is 0. The van der Waals surface area contributed by atoms with E-state index in [0.29, 0.717) is 5.56 Å².